The summed E-state index contributed by atoms with van der Waals surface area (Å²) >= 11 is 0. The number of ether oxygens (including phenoxy) is 6. The number of ketones is 3. The van der Waals surface area contributed by atoms with Crippen LogP contribution in [0.25, 0.3) is 49.8 Å². The van der Waals surface area contributed by atoms with Crippen molar-refractivity contribution in [3.63, 3.8) is 0 Å². The third-order valence-electron chi connectivity index (χ3n) is 15.3. The second-order valence-electron chi connectivity index (χ2n) is 19.3. The van der Waals surface area contributed by atoms with Crippen LogP contribution in [0.2, 0.25) is 0 Å². The number of rotatable bonds is 11. The summed E-state index contributed by atoms with van der Waals surface area (Å²) in [6.07, 6.45) is 25.9. The molecule has 4 N–H and O–H groups in total. The van der Waals surface area contributed by atoms with Gasteiger partial charge in [0.1, 0.15) is 17.2 Å². The van der Waals surface area contributed by atoms with Gasteiger partial charge < -0.3 is 58.5 Å². The molecular weight excluding hydrogens is 985 g/mol. The number of benzene rings is 3. The monoisotopic (exact) mass is 1040 g/mol. The Labute approximate surface area is 449 Å². The van der Waals surface area contributed by atoms with Crippen molar-refractivity contribution >= 4 is 67.1 Å². The van der Waals surface area contributed by atoms with Crippen molar-refractivity contribution in [3.05, 3.63) is 213 Å². The van der Waals surface area contributed by atoms with Crippen LogP contribution in [0.3, 0.4) is 0 Å². The molecule has 78 heavy (non-hydrogen) atoms. The second-order valence-corrected chi connectivity index (χ2v) is 19.3. The van der Waals surface area contributed by atoms with Crippen LogP contribution < -0.4 is 19.5 Å². The van der Waals surface area contributed by atoms with Crippen molar-refractivity contribution in [1.82, 2.24) is 30.1 Å². The Bertz CT molecular complexity index is 3980. The van der Waals surface area contributed by atoms with Gasteiger partial charge in [0.15, 0.2) is 17.3 Å². The van der Waals surface area contributed by atoms with E-state index in [4.69, 9.17) is 28.4 Å². The van der Waals surface area contributed by atoms with Gasteiger partial charge in [0.25, 0.3) is 0 Å². The molecule has 6 aliphatic rings. The van der Waals surface area contributed by atoms with E-state index in [1.165, 1.54) is 26.9 Å². The Morgan fingerprint density at radius 2 is 0.910 bits per heavy atom. The highest BCUT2D eigenvalue weighted by Crippen LogP contribution is 2.42. The molecule has 0 fully saturated rings. The number of methoxy groups -OCH3 is 6. The lowest BCUT2D eigenvalue weighted by atomic mass is 9.94. The lowest BCUT2D eigenvalue weighted by Crippen LogP contribution is -2.32. The van der Waals surface area contributed by atoms with Gasteiger partial charge in [-0.05, 0) is 139 Å². The highest BCUT2D eigenvalue weighted by molar-refractivity contribution is 6.13. The Morgan fingerprint density at radius 1 is 0.462 bits per heavy atom. The van der Waals surface area contributed by atoms with Crippen molar-refractivity contribution in [3.8, 4) is 17.2 Å². The fraction of sp³-hybridized carbons (Fsp3) is 0.190. The van der Waals surface area contributed by atoms with Crippen LogP contribution in [-0.4, -0.2) is 104 Å². The summed E-state index contributed by atoms with van der Waals surface area (Å²) < 4.78 is 34.1. The first-order chi connectivity index (χ1) is 38.1. The molecule has 0 amide bonds. The van der Waals surface area contributed by atoms with Crippen LogP contribution in [0, 0.1) is 0 Å². The molecule has 0 saturated carbocycles. The average Bonchev–Trinajstić information content (AvgIpc) is 4.27. The van der Waals surface area contributed by atoms with E-state index in [1.54, 1.807) is 57.8 Å². The Balaban J connectivity index is 0.907. The van der Waals surface area contributed by atoms with Gasteiger partial charge in [0, 0.05) is 87.3 Å². The third kappa shape index (κ3) is 8.34. The molecule has 0 atom stereocenters. The molecule has 3 aromatic heterocycles. The summed E-state index contributed by atoms with van der Waals surface area (Å²) in [5, 5.41) is 6.76. The van der Waals surface area contributed by atoms with E-state index in [9.17, 15) is 14.4 Å². The fourth-order valence-electron chi connectivity index (χ4n) is 11.4. The van der Waals surface area contributed by atoms with Crippen molar-refractivity contribution in [2.24, 2.45) is 0 Å². The fourth-order valence-corrected chi connectivity index (χ4v) is 11.4. The molecular formula is C63H56N6O9. The molecule has 3 aliphatic heterocycles. The first-order valence-electron chi connectivity index (χ1n) is 25.7. The lowest BCUT2D eigenvalue weighted by Gasteiger charge is -2.35. The Kier molecular flexibility index (Phi) is 12.7. The van der Waals surface area contributed by atoms with E-state index >= 15 is 0 Å². The Hall–Kier alpha value is -9.63. The quantitative estimate of drug-likeness (QED) is 0.0907. The minimum absolute atomic E-state index is 0.156. The molecule has 0 bridgehead atoms. The van der Waals surface area contributed by atoms with E-state index in [-0.39, 0.29) is 34.6 Å². The summed E-state index contributed by atoms with van der Waals surface area (Å²) in [4.78, 5) is 57.7. The predicted octanol–water partition coefficient (Wildman–Crippen LogP) is 9.88. The summed E-state index contributed by atoms with van der Waals surface area (Å²) in [5.74, 6) is 1.98. The van der Waals surface area contributed by atoms with Crippen molar-refractivity contribution in [2.45, 2.75) is 19.3 Å². The summed E-state index contributed by atoms with van der Waals surface area (Å²) in [7, 11) is 9.44. The molecule has 6 heterocycles. The van der Waals surface area contributed by atoms with Gasteiger partial charge >= 0.3 is 0 Å². The minimum Gasteiger partial charge on any atom is -0.497 e. The number of nitrogens with one attached hydrogen (secondary N) is 4. The summed E-state index contributed by atoms with van der Waals surface area (Å²) in [6.45, 7) is 1.77. The smallest absolute Gasteiger partial charge is 0.229 e. The van der Waals surface area contributed by atoms with Gasteiger partial charge in [-0.3, -0.25) is 14.4 Å². The molecule has 3 aliphatic carbocycles. The molecule has 392 valence electrons. The van der Waals surface area contributed by atoms with Crippen molar-refractivity contribution < 1.29 is 42.8 Å². The number of H-pyrrole nitrogens is 3. The van der Waals surface area contributed by atoms with Crippen molar-refractivity contribution in [2.75, 3.05) is 62.3 Å². The minimum atomic E-state index is -0.318. The topological polar surface area (TPSA) is 172 Å². The number of carbonyl (C=O) groups is 3. The van der Waals surface area contributed by atoms with E-state index in [2.05, 4.69) is 42.2 Å². The van der Waals surface area contributed by atoms with Crippen LogP contribution in [-0.2, 0) is 47.9 Å². The third-order valence-corrected chi connectivity index (χ3v) is 15.3. The molecule has 0 unspecified atom stereocenters. The van der Waals surface area contributed by atoms with Crippen LogP contribution in [0.1, 0.15) is 33.8 Å². The van der Waals surface area contributed by atoms with E-state index < -0.39 is 0 Å². The number of fused-ring (bicyclic) bond motifs is 9. The largest absolute Gasteiger partial charge is 0.497 e. The standard InChI is InChI=1S/C63H56N6O9/c1-73-38-15-18-41-44-26-29-64-47(56(44)65-48(41)32-38)21-10-36-13-24-53(62(77-5)60(36)71)69-31-28-46-43-20-17-40(75-3)34-50(43)67-58(46)52(69)23-12-37-14-25-54(63(78-6)61(37)72)68-30-27-45-42-19-16-39(74-2)33-49(42)66-57(45)51(68)22-11-35-8-7-9-55(76-4)59(35)70/h7-25,32-34,64-67H,26-31H2,1-6H3/b35-11+,36-10+,37-12+,47-21+,51-22+,52-23+. The van der Waals surface area contributed by atoms with E-state index in [1.807, 2.05) is 85.0 Å². The van der Waals surface area contributed by atoms with Gasteiger partial charge in [-0.1, -0.05) is 12.2 Å². The van der Waals surface area contributed by atoms with Crippen LogP contribution in [0.4, 0.5) is 0 Å². The number of hydrogen-bond donors (Lipinski definition) is 4. The van der Waals surface area contributed by atoms with Gasteiger partial charge in [-0.15, -0.1) is 0 Å². The zero-order chi connectivity index (χ0) is 53.8. The molecule has 12 rings (SSSR count). The highest BCUT2D eigenvalue weighted by atomic mass is 16.5. The Morgan fingerprint density at radius 3 is 1.37 bits per heavy atom. The number of Topliss-reactive ketones (excluding diaryl/α,β-unsaturated/α-hetero) is 3. The number of nitrogens with zero attached hydrogens (tertiary/aromatic N) is 2. The second kappa shape index (κ2) is 20.1. The zero-order valence-corrected chi connectivity index (χ0v) is 44.0. The molecule has 3 aromatic carbocycles. The normalized spacial score (nSPS) is 20.5. The molecule has 0 radical (unpaired) electrons. The number of allylic oxidation sites excluding steroid dienone is 16. The summed E-state index contributed by atoms with van der Waals surface area (Å²) in [6, 6.07) is 18.0. The van der Waals surface area contributed by atoms with Gasteiger partial charge in [0.2, 0.25) is 17.3 Å². The van der Waals surface area contributed by atoms with Crippen LogP contribution in [0.5, 0.6) is 17.2 Å². The van der Waals surface area contributed by atoms with E-state index in [0.717, 1.165) is 102 Å². The van der Waals surface area contributed by atoms with Gasteiger partial charge in [-0.2, -0.15) is 0 Å². The SMILES string of the molecule is COC1=CC=C/C(=C\C=C2/c3[nH]c4cc(OC)ccc4c3CCN2C2=C(OC)C(=O)/C(=C/C=C3\c4[nH]c5cc(OC)ccc5c4CCN3C3=C(OC)C(=O)/C(=C/C=C4/NCCc5c4[nH]c4cc(OC)ccc54)C=C3)C=C2)C1=O. The maximum atomic E-state index is 14.9. The lowest BCUT2D eigenvalue weighted by molar-refractivity contribution is -0.115. The maximum absolute atomic E-state index is 14.9. The zero-order valence-electron chi connectivity index (χ0n) is 44.0. The first kappa shape index (κ1) is 49.3. The van der Waals surface area contributed by atoms with Crippen molar-refractivity contribution in [1.29, 1.82) is 0 Å². The molecule has 15 nitrogen and oxygen atoms in total. The predicted molar refractivity (Wildman–Crippen MR) is 301 cm³/mol. The first-order valence-corrected chi connectivity index (χ1v) is 25.7. The molecule has 0 spiro atoms. The average molecular weight is 1040 g/mol. The van der Waals surface area contributed by atoms with E-state index in [0.29, 0.717) is 59.8 Å². The molecule has 15 heteroatoms. The number of aromatic amines is 3. The van der Waals surface area contributed by atoms with Crippen LogP contribution >= 0.6 is 0 Å². The molecule has 6 aromatic rings. The molecule has 0 saturated heterocycles. The van der Waals surface area contributed by atoms with Gasteiger partial charge in [-0.25, -0.2) is 0 Å². The highest BCUT2D eigenvalue weighted by Gasteiger charge is 2.35. The number of carbonyl (C=O) groups excluding carboxylic acids is 3. The van der Waals surface area contributed by atoms with Crippen LogP contribution in [0.15, 0.2) is 179 Å². The number of hydrogen-bond acceptors (Lipinski definition) is 12. The summed E-state index contributed by atoms with van der Waals surface area (Å²) in [5.41, 5.74) is 13.7. The van der Waals surface area contributed by atoms with Gasteiger partial charge in [0.05, 0.1) is 88.2 Å². The number of aromatic nitrogens is 3. The maximum Gasteiger partial charge on any atom is 0.229 e.